The van der Waals surface area contributed by atoms with Crippen molar-refractivity contribution in [1.82, 2.24) is 10.2 Å². The lowest BCUT2D eigenvalue weighted by Gasteiger charge is -2.33. The Morgan fingerprint density at radius 1 is 1.24 bits per heavy atom. The standard InChI is InChI=1S/C31H41ClN6O3/c1-5-40-29-16-25-23(15-26(29)37-30(39)9-7-13-38(3)4)31(21(17-33)18-35-25)36-22-10-11-28(24(32)14-22)41-19-27-20(2)8-6-12-34-27/h7,9-11,14-16,20-21,27,31,34-36H,5-6,8,12-13,18-19H2,1-4H3,(H,37,39)/b9-7+. The van der Waals surface area contributed by atoms with Crippen molar-refractivity contribution in [2.24, 2.45) is 11.8 Å². The summed E-state index contributed by atoms with van der Waals surface area (Å²) in [5.74, 6) is 1.13. The number of likely N-dealkylation sites (N-methyl/N-ethyl adjacent to an activating group) is 1. The average molecular weight is 581 g/mol. The summed E-state index contributed by atoms with van der Waals surface area (Å²) < 4.78 is 11.9. The predicted octanol–water partition coefficient (Wildman–Crippen LogP) is 5.28. The number of halogens is 1. The van der Waals surface area contributed by atoms with E-state index in [1.807, 2.05) is 56.3 Å². The van der Waals surface area contributed by atoms with Crippen molar-refractivity contribution in [2.75, 3.05) is 62.9 Å². The predicted molar refractivity (Wildman–Crippen MR) is 165 cm³/mol. The fourth-order valence-corrected chi connectivity index (χ4v) is 5.42. The number of amides is 1. The number of fused-ring (bicyclic) bond motifs is 1. The van der Waals surface area contributed by atoms with Crippen LogP contribution in [0.5, 0.6) is 11.5 Å². The molecule has 0 radical (unpaired) electrons. The first-order chi connectivity index (χ1) is 19.8. The number of nitrogens with zero attached hydrogens (tertiary/aromatic N) is 2. The number of nitrogens with one attached hydrogen (secondary N) is 4. The molecule has 4 N–H and O–H groups in total. The van der Waals surface area contributed by atoms with Crippen LogP contribution in [0.2, 0.25) is 5.02 Å². The second-order valence-electron chi connectivity index (χ2n) is 10.9. The van der Waals surface area contributed by atoms with E-state index in [4.69, 9.17) is 21.1 Å². The molecule has 10 heteroatoms. The van der Waals surface area contributed by atoms with Crippen molar-refractivity contribution in [2.45, 2.75) is 38.8 Å². The highest BCUT2D eigenvalue weighted by molar-refractivity contribution is 6.32. The Labute approximate surface area is 248 Å². The van der Waals surface area contributed by atoms with E-state index in [1.165, 1.54) is 18.9 Å². The van der Waals surface area contributed by atoms with E-state index >= 15 is 0 Å². The van der Waals surface area contributed by atoms with Gasteiger partial charge in [-0.15, -0.1) is 0 Å². The molecule has 220 valence electrons. The molecule has 41 heavy (non-hydrogen) atoms. The van der Waals surface area contributed by atoms with Gasteiger partial charge in [-0.3, -0.25) is 4.79 Å². The van der Waals surface area contributed by atoms with Gasteiger partial charge in [0.05, 0.1) is 35.3 Å². The minimum Gasteiger partial charge on any atom is -0.492 e. The Hall–Kier alpha value is -3.45. The van der Waals surface area contributed by atoms with Crippen LogP contribution in [0, 0.1) is 23.2 Å². The molecule has 1 saturated heterocycles. The number of hydrogen-bond donors (Lipinski definition) is 4. The molecule has 0 aromatic heterocycles. The number of piperidine rings is 1. The number of nitriles is 1. The van der Waals surface area contributed by atoms with E-state index in [0.29, 0.717) is 60.5 Å². The number of carbonyl (C=O) groups is 1. The van der Waals surface area contributed by atoms with Gasteiger partial charge in [-0.05, 0) is 70.6 Å². The summed E-state index contributed by atoms with van der Waals surface area (Å²) >= 11 is 6.63. The van der Waals surface area contributed by atoms with Crippen molar-refractivity contribution >= 4 is 34.6 Å². The maximum absolute atomic E-state index is 12.7. The second-order valence-corrected chi connectivity index (χ2v) is 11.3. The molecule has 2 aliphatic heterocycles. The second kappa shape index (κ2) is 14.4. The van der Waals surface area contributed by atoms with Gasteiger partial charge in [0.2, 0.25) is 5.91 Å². The van der Waals surface area contributed by atoms with Crippen molar-refractivity contribution in [1.29, 1.82) is 5.26 Å². The zero-order valence-corrected chi connectivity index (χ0v) is 25.1. The molecule has 0 saturated carbocycles. The van der Waals surface area contributed by atoms with Crippen LogP contribution in [0.1, 0.15) is 38.3 Å². The Morgan fingerprint density at radius 3 is 2.78 bits per heavy atom. The van der Waals surface area contributed by atoms with Gasteiger partial charge in [-0.25, -0.2) is 0 Å². The SMILES string of the molecule is CCOc1cc2c(cc1NC(=O)/C=C/CN(C)C)C(Nc1ccc(OCC3NCCCC3C)c(Cl)c1)C(C#N)CN2. The molecule has 2 aromatic carbocycles. The summed E-state index contributed by atoms with van der Waals surface area (Å²) in [6.45, 7) is 7.28. The molecule has 0 aliphatic carbocycles. The van der Waals surface area contributed by atoms with Gasteiger partial charge in [0.25, 0.3) is 0 Å². The molecule has 4 atom stereocenters. The number of hydrogen-bond acceptors (Lipinski definition) is 8. The summed E-state index contributed by atoms with van der Waals surface area (Å²) in [5, 5.41) is 23.8. The van der Waals surface area contributed by atoms with Crippen molar-refractivity contribution < 1.29 is 14.3 Å². The summed E-state index contributed by atoms with van der Waals surface area (Å²) in [5.41, 5.74) is 3.02. The van der Waals surface area contributed by atoms with Gasteiger partial charge in [-0.2, -0.15) is 5.26 Å². The third-order valence-corrected chi connectivity index (χ3v) is 7.76. The van der Waals surface area contributed by atoms with E-state index in [0.717, 1.165) is 23.5 Å². The van der Waals surface area contributed by atoms with Gasteiger partial charge < -0.3 is 35.6 Å². The lowest BCUT2D eigenvalue weighted by molar-refractivity contribution is -0.111. The fourth-order valence-electron chi connectivity index (χ4n) is 5.18. The zero-order chi connectivity index (χ0) is 29.4. The van der Waals surface area contributed by atoms with Crippen LogP contribution in [0.4, 0.5) is 17.1 Å². The van der Waals surface area contributed by atoms with E-state index in [9.17, 15) is 10.1 Å². The number of rotatable bonds is 11. The molecular formula is C31H41ClN6O3. The Balaban J connectivity index is 1.54. The third-order valence-electron chi connectivity index (χ3n) is 7.47. The minimum atomic E-state index is -0.363. The Bertz CT molecular complexity index is 1280. The maximum Gasteiger partial charge on any atom is 0.248 e. The molecule has 2 aromatic rings. The molecule has 9 nitrogen and oxygen atoms in total. The number of anilines is 3. The molecule has 0 spiro atoms. The van der Waals surface area contributed by atoms with Crippen molar-refractivity contribution in [3.8, 4) is 17.6 Å². The maximum atomic E-state index is 12.7. The topological polar surface area (TPSA) is 111 Å². The van der Waals surface area contributed by atoms with Crippen LogP contribution in [0.15, 0.2) is 42.5 Å². The van der Waals surface area contributed by atoms with Crippen LogP contribution in [0.3, 0.4) is 0 Å². The van der Waals surface area contributed by atoms with E-state index in [2.05, 4.69) is 34.3 Å². The third kappa shape index (κ3) is 8.07. The zero-order valence-electron chi connectivity index (χ0n) is 24.3. The quantitative estimate of drug-likeness (QED) is 0.266. The van der Waals surface area contributed by atoms with Crippen LogP contribution in [-0.4, -0.2) is 63.8 Å². The molecule has 0 bridgehead atoms. The summed E-state index contributed by atoms with van der Waals surface area (Å²) in [6.07, 6.45) is 5.70. The van der Waals surface area contributed by atoms with Gasteiger partial charge >= 0.3 is 0 Å². The van der Waals surface area contributed by atoms with Gasteiger partial charge in [-0.1, -0.05) is 24.6 Å². The average Bonchev–Trinajstić information content (AvgIpc) is 2.94. The summed E-state index contributed by atoms with van der Waals surface area (Å²) in [6, 6.07) is 11.8. The van der Waals surface area contributed by atoms with Crippen LogP contribution in [0.25, 0.3) is 0 Å². The van der Waals surface area contributed by atoms with Crippen molar-refractivity contribution in [3.05, 3.63) is 53.1 Å². The van der Waals surface area contributed by atoms with E-state index < -0.39 is 0 Å². The number of ether oxygens (including phenoxy) is 2. The number of benzene rings is 2. The highest BCUT2D eigenvalue weighted by Gasteiger charge is 2.31. The van der Waals surface area contributed by atoms with Crippen molar-refractivity contribution in [3.63, 3.8) is 0 Å². The molecule has 2 heterocycles. The Morgan fingerprint density at radius 2 is 2.07 bits per heavy atom. The van der Waals surface area contributed by atoms with E-state index in [-0.39, 0.29) is 17.9 Å². The van der Waals surface area contributed by atoms with Crippen LogP contribution >= 0.6 is 11.6 Å². The molecule has 4 rings (SSSR count). The lowest BCUT2D eigenvalue weighted by atomic mass is 9.88. The molecule has 1 amide bonds. The normalized spacial score (nSPS) is 22.0. The smallest absolute Gasteiger partial charge is 0.248 e. The fraction of sp³-hybridized carbons (Fsp3) is 0.484. The highest BCUT2D eigenvalue weighted by Crippen LogP contribution is 2.42. The first-order valence-corrected chi connectivity index (χ1v) is 14.7. The van der Waals surface area contributed by atoms with Gasteiger partial charge in [0.15, 0.2) is 0 Å². The Kier molecular flexibility index (Phi) is 10.7. The highest BCUT2D eigenvalue weighted by atomic mass is 35.5. The molecular weight excluding hydrogens is 540 g/mol. The van der Waals surface area contributed by atoms with E-state index in [1.54, 1.807) is 6.08 Å². The molecule has 1 fully saturated rings. The number of carbonyl (C=O) groups excluding carboxylic acids is 1. The van der Waals surface area contributed by atoms with Gasteiger partial charge in [0.1, 0.15) is 18.1 Å². The molecule has 4 unspecified atom stereocenters. The largest absolute Gasteiger partial charge is 0.492 e. The lowest BCUT2D eigenvalue weighted by Crippen LogP contribution is -2.44. The molecule has 2 aliphatic rings. The van der Waals surface area contributed by atoms with Crippen LogP contribution < -0.4 is 30.7 Å². The summed E-state index contributed by atoms with van der Waals surface area (Å²) in [7, 11) is 3.88. The summed E-state index contributed by atoms with van der Waals surface area (Å²) in [4.78, 5) is 14.6. The minimum absolute atomic E-state index is 0.252. The monoisotopic (exact) mass is 580 g/mol. The van der Waals surface area contributed by atoms with Gasteiger partial charge in [0, 0.05) is 48.2 Å². The first-order valence-electron chi connectivity index (χ1n) is 14.3. The first kappa shape index (κ1) is 30.5. The van der Waals surface area contributed by atoms with Crippen LogP contribution in [-0.2, 0) is 4.79 Å².